The van der Waals surface area contributed by atoms with Crippen molar-refractivity contribution < 1.29 is 13.3 Å². The van der Waals surface area contributed by atoms with Crippen molar-refractivity contribution in [3.63, 3.8) is 0 Å². The van der Waals surface area contributed by atoms with Crippen molar-refractivity contribution in [2.45, 2.75) is 0 Å². The molecule has 0 aliphatic rings. The van der Waals surface area contributed by atoms with Crippen molar-refractivity contribution in [2.24, 2.45) is 0 Å². The summed E-state index contributed by atoms with van der Waals surface area (Å²) in [6.45, 7) is 0. The molecule has 0 atom stereocenters. The van der Waals surface area contributed by atoms with E-state index in [-0.39, 0.29) is 0 Å². The van der Waals surface area contributed by atoms with E-state index in [0.29, 0.717) is 0 Å². The zero-order chi connectivity index (χ0) is 84.9. The first kappa shape index (κ1) is 71.8. The average molecular weight is 1660 g/mol. The molecule has 0 radical (unpaired) electrons. The van der Waals surface area contributed by atoms with Crippen molar-refractivity contribution in [3.05, 3.63) is 443 Å². The van der Waals surface area contributed by atoms with Crippen LogP contribution >= 0.6 is 0 Å². The van der Waals surface area contributed by atoms with Gasteiger partial charge in [0.1, 0.15) is 33.5 Å². The molecule has 0 unspecified atom stereocenters. The molecule has 8 heterocycles. The summed E-state index contributed by atoms with van der Waals surface area (Å²) in [5.74, 6) is 0. The molecule has 20 aromatic carbocycles. The lowest BCUT2D eigenvalue weighted by atomic mass is 10.0. The van der Waals surface area contributed by atoms with Gasteiger partial charge in [-0.3, -0.25) is 0 Å². The lowest BCUT2D eigenvalue weighted by Gasteiger charge is -2.26. The van der Waals surface area contributed by atoms with Crippen LogP contribution < -0.4 is 9.80 Å². The fourth-order valence-electron chi connectivity index (χ4n) is 21.6. The zero-order valence-electron chi connectivity index (χ0n) is 70.0. The van der Waals surface area contributed by atoms with Crippen LogP contribution in [-0.4, -0.2) is 22.8 Å². The Labute approximate surface area is 743 Å². The number of nitrogens with zero attached hydrogens (tertiary/aromatic N) is 7. The van der Waals surface area contributed by atoms with E-state index in [4.69, 9.17) is 13.3 Å². The van der Waals surface area contributed by atoms with Crippen molar-refractivity contribution in [1.82, 2.24) is 22.8 Å². The fraction of sp³-hybridized carbons (Fsp3) is 0. The molecule has 0 bridgehead atoms. The SMILES string of the molecule is c1ccc(-c2ccc(N(c3ccccc3)c3ccc4c(c3)c3c5oc6c(ccc7c6c6ccccc6n7-c6ccccc6)c5ccc3n4-c3ccc(-c4cccc(N(c5ccccc5)c5ccc6c(c5)c5c7oc8c(ccc9c8c8ccccc8n9-c8ccc9c(c8)c8ccccc8n9-c8ccccc8)c7ccc5n6-c5ccc6oc7ccccc7c6c5)c4)cc3)cc2)cc1. The average Bonchev–Trinajstić information content (AvgIpc) is 1.54. The summed E-state index contributed by atoms with van der Waals surface area (Å²) >= 11 is 0. The summed E-state index contributed by atoms with van der Waals surface area (Å²) in [5, 5.41) is 17.4. The van der Waals surface area contributed by atoms with Crippen LogP contribution in [0.5, 0.6) is 0 Å². The van der Waals surface area contributed by atoms with Crippen LogP contribution in [0, 0.1) is 0 Å². The van der Waals surface area contributed by atoms with Crippen molar-refractivity contribution in [1.29, 1.82) is 0 Å². The van der Waals surface area contributed by atoms with Gasteiger partial charge >= 0.3 is 0 Å². The Morgan fingerprint density at radius 1 is 0.146 bits per heavy atom. The van der Waals surface area contributed by atoms with Gasteiger partial charge in [-0.2, -0.15) is 0 Å². The third-order valence-corrected chi connectivity index (χ3v) is 27.2. The Balaban J connectivity index is 0.602. The Morgan fingerprint density at radius 2 is 0.454 bits per heavy atom. The van der Waals surface area contributed by atoms with Crippen LogP contribution in [0.15, 0.2) is 456 Å². The molecule has 606 valence electrons. The minimum absolute atomic E-state index is 0.828. The Kier molecular flexibility index (Phi) is 15.4. The van der Waals surface area contributed by atoms with Gasteiger partial charge in [0.2, 0.25) is 0 Å². The number of furan rings is 3. The summed E-state index contributed by atoms with van der Waals surface area (Å²) in [6, 6.07) is 161. The number of hydrogen-bond acceptors (Lipinski definition) is 5. The molecule has 28 aromatic rings. The highest BCUT2D eigenvalue weighted by atomic mass is 16.3. The summed E-state index contributed by atoms with van der Waals surface area (Å²) in [4.78, 5) is 4.77. The third kappa shape index (κ3) is 10.6. The summed E-state index contributed by atoms with van der Waals surface area (Å²) < 4.78 is 33.9. The van der Waals surface area contributed by atoms with Crippen LogP contribution in [0.25, 0.3) is 226 Å². The van der Waals surface area contributed by atoms with E-state index < -0.39 is 0 Å². The molecule has 28 rings (SSSR count). The maximum absolute atomic E-state index is 7.75. The lowest BCUT2D eigenvalue weighted by Crippen LogP contribution is -2.10. The second kappa shape index (κ2) is 28.0. The van der Waals surface area contributed by atoms with Crippen LogP contribution in [0.2, 0.25) is 0 Å². The van der Waals surface area contributed by atoms with Crippen LogP contribution in [0.3, 0.4) is 0 Å². The lowest BCUT2D eigenvalue weighted by molar-refractivity contribution is 0.669. The molecule has 8 aromatic heterocycles. The minimum Gasteiger partial charge on any atom is -0.456 e. The first-order valence-electron chi connectivity index (χ1n) is 44.3. The van der Waals surface area contributed by atoms with E-state index in [9.17, 15) is 0 Å². The largest absolute Gasteiger partial charge is 0.456 e. The second-order valence-electron chi connectivity index (χ2n) is 34.2. The minimum atomic E-state index is 0.828. The van der Waals surface area contributed by atoms with Crippen molar-refractivity contribution >= 4 is 209 Å². The molecule has 0 aliphatic carbocycles. The van der Waals surface area contributed by atoms with Crippen molar-refractivity contribution in [2.75, 3.05) is 9.80 Å². The Morgan fingerprint density at radius 3 is 0.985 bits per heavy atom. The van der Waals surface area contributed by atoms with Gasteiger partial charge in [-0.05, 0) is 253 Å². The normalized spacial score (nSPS) is 12.2. The number of aromatic nitrogens is 5. The van der Waals surface area contributed by atoms with Gasteiger partial charge in [0, 0.05) is 127 Å². The first-order chi connectivity index (χ1) is 64.5. The van der Waals surface area contributed by atoms with Crippen LogP contribution in [0.1, 0.15) is 0 Å². The number of rotatable bonds is 13. The molecule has 0 spiro atoms. The van der Waals surface area contributed by atoms with E-state index in [0.717, 1.165) is 238 Å². The molecule has 0 fully saturated rings. The highest BCUT2D eigenvalue weighted by Crippen LogP contribution is 2.52. The monoisotopic (exact) mass is 1660 g/mol. The Hall–Kier alpha value is -17.6. The van der Waals surface area contributed by atoms with Gasteiger partial charge in [-0.1, -0.05) is 212 Å². The molecule has 0 amide bonds. The number of para-hydroxylation sites is 8. The van der Waals surface area contributed by atoms with Crippen LogP contribution in [-0.2, 0) is 0 Å². The smallest absolute Gasteiger partial charge is 0.145 e. The summed E-state index contributed by atoms with van der Waals surface area (Å²) in [6.07, 6.45) is 0. The van der Waals surface area contributed by atoms with Gasteiger partial charge in [-0.15, -0.1) is 0 Å². The zero-order valence-corrected chi connectivity index (χ0v) is 70.0. The number of anilines is 6. The maximum atomic E-state index is 7.75. The quantitative estimate of drug-likeness (QED) is 0.115. The topological polar surface area (TPSA) is 70.6 Å². The van der Waals surface area contributed by atoms with E-state index in [1.54, 1.807) is 0 Å². The van der Waals surface area contributed by atoms with Gasteiger partial charge in [0.25, 0.3) is 0 Å². The number of benzene rings is 20. The molecular formula is C120H73N7O3. The van der Waals surface area contributed by atoms with E-state index in [2.05, 4.69) is 469 Å². The van der Waals surface area contributed by atoms with Gasteiger partial charge in [0.15, 0.2) is 0 Å². The van der Waals surface area contributed by atoms with Gasteiger partial charge < -0.3 is 45.9 Å². The highest BCUT2D eigenvalue weighted by Gasteiger charge is 2.29. The number of hydrogen-bond donors (Lipinski definition) is 0. The molecule has 130 heavy (non-hydrogen) atoms. The third-order valence-electron chi connectivity index (χ3n) is 27.2. The van der Waals surface area contributed by atoms with Gasteiger partial charge in [-0.25, -0.2) is 0 Å². The summed E-state index contributed by atoms with van der Waals surface area (Å²) in [7, 11) is 0. The predicted octanol–water partition coefficient (Wildman–Crippen LogP) is 33.1. The molecule has 0 aliphatic heterocycles. The predicted molar refractivity (Wildman–Crippen MR) is 540 cm³/mol. The molecule has 0 saturated heterocycles. The standard InChI is InChI=1S/C120H73N7O3/c1-6-25-74(26-7-1)75-45-49-82(50-46-75)121(78-28-8-2-9-29-78)85-53-62-105-99(72-85)115-109(66-59-93-91-57-64-107-113(117(91)129-119(93)115)95-39-17-21-42-102(95)124(107)81-34-14-5-15-35-81)125(105)83-51-47-76(48-52-83)77-27-24-36-84(69-77)122(79-30-10-3-11-31-79)86-54-63-106-100(73-86)116-110(127(106)88-56-68-112-98(71-88)90-38-19-23-44-111(90)128-112)67-60-94-92-58-65-108-114(118(92)130-120(94)116)96-40-18-22-43-103(96)126(108)87-55-61-104-97(70-87)89-37-16-20-41-101(89)123(104)80-32-12-4-13-33-80/h1-73H. The first-order valence-corrected chi connectivity index (χ1v) is 44.3. The highest BCUT2D eigenvalue weighted by molar-refractivity contribution is 6.32. The maximum Gasteiger partial charge on any atom is 0.145 e. The summed E-state index contributed by atoms with van der Waals surface area (Å²) in [5.41, 5.74) is 32.0. The van der Waals surface area contributed by atoms with E-state index in [1.165, 1.54) is 21.9 Å². The Bertz CT molecular complexity index is 9550. The molecule has 0 saturated carbocycles. The van der Waals surface area contributed by atoms with Crippen LogP contribution in [0.4, 0.5) is 34.1 Å². The van der Waals surface area contributed by atoms with E-state index in [1.807, 2.05) is 6.07 Å². The molecule has 0 N–H and O–H groups in total. The molecular weight excluding hydrogens is 1590 g/mol. The molecule has 10 nitrogen and oxygen atoms in total. The second-order valence-corrected chi connectivity index (χ2v) is 34.2. The molecule has 10 heteroatoms. The van der Waals surface area contributed by atoms with Gasteiger partial charge in [0.05, 0.1) is 76.7 Å². The number of fused-ring (bicyclic) bond motifs is 28. The fourth-order valence-corrected chi connectivity index (χ4v) is 21.6. The van der Waals surface area contributed by atoms with Crippen molar-refractivity contribution in [3.8, 4) is 50.7 Å². The van der Waals surface area contributed by atoms with E-state index >= 15 is 0 Å².